The SMILES string of the molecule is CC(c1ccccc1)N(C)C(=O)c1cnn2cccnc12. The van der Waals surface area contributed by atoms with Gasteiger partial charge < -0.3 is 4.90 Å². The first kappa shape index (κ1) is 13.3. The van der Waals surface area contributed by atoms with Crippen LogP contribution in [-0.2, 0) is 0 Å². The highest BCUT2D eigenvalue weighted by molar-refractivity contribution is 5.99. The average molecular weight is 280 g/mol. The molecule has 0 aliphatic carbocycles. The molecule has 0 saturated carbocycles. The van der Waals surface area contributed by atoms with Crippen LogP contribution in [0.5, 0.6) is 0 Å². The summed E-state index contributed by atoms with van der Waals surface area (Å²) < 4.78 is 1.61. The number of carbonyl (C=O) groups is 1. The van der Waals surface area contributed by atoms with E-state index >= 15 is 0 Å². The predicted octanol–water partition coefficient (Wildman–Crippen LogP) is 2.56. The number of benzene rings is 1. The summed E-state index contributed by atoms with van der Waals surface area (Å²) in [5.41, 5.74) is 2.19. The summed E-state index contributed by atoms with van der Waals surface area (Å²) in [6, 6.07) is 11.7. The molecular weight excluding hydrogens is 264 g/mol. The third-order valence-electron chi connectivity index (χ3n) is 3.69. The molecule has 21 heavy (non-hydrogen) atoms. The Labute approximate surface area is 122 Å². The maximum Gasteiger partial charge on any atom is 0.259 e. The number of nitrogens with zero attached hydrogens (tertiary/aromatic N) is 4. The molecule has 1 atom stereocenters. The highest BCUT2D eigenvalue weighted by Gasteiger charge is 2.22. The molecule has 1 unspecified atom stereocenters. The van der Waals surface area contributed by atoms with Crippen molar-refractivity contribution in [3.8, 4) is 0 Å². The van der Waals surface area contributed by atoms with E-state index in [1.807, 2.05) is 37.3 Å². The van der Waals surface area contributed by atoms with E-state index in [0.29, 0.717) is 11.2 Å². The Morgan fingerprint density at radius 1 is 1.24 bits per heavy atom. The molecule has 106 valence electrons. The monoisotopic (exact) mass is 280 g/mol. The maximum absolute atomic E-state index is 12.7. The molecule has 0 aliphatic heterocycles. The van der Waals surface area contributed by atoms with Gasteiger partial charge in [-0.25, -0.2) is 9.50 Å². The van der Waals surface area contributed by atoms with E-state index in [4.69, 9.17) is 0 Å². The Balaban J connectivity index is 1.91. The van der Waals surface area contributed by atoms with Gasteiger partial charge in [0.05, 0.1) is 12.2 Å². The molecule has 2 aromatic heterocycles. The van der Waals surface area contributed by atoms with E-state index in [1.165, 1.54) is 0 Å². The van der Waals surface area contributed by atoms with Crippen LogP contribution in [0.4, 0.5) is 0 Å². The standard InChI is InChI=1S/C16H16N4O/c1-12(13-7-4-3-5-8-13)19(2)16(21)14-11-18-20-10-6-9-17-15(14)20/h3-12H,1-2H3. The molecule has 5 nitrogen and oxygen atoms in total. The van der Waals surface area contributed by atoms with Crippen molar-refractivity contribution in [2.24, 2.45) is 0 Å². The predicted molar refractivity (Wildman–Crippen MR) is 79.9 cm³/mol. The molecule has 0 fully saturated rings. The van der Waals surface area contributed by atoms with Crippen LogP contribution in [0.2, 0.25) is 0 Å². The highest BCUT2D eigenvalue weighted by Crippen LogP contribution is 2.21. The smallest absolute Gasteiger partial charge is 0.259 e. The van der Waals surface area contributed by atoms with E-state index in [0.717, 1.165) is 5.56 Å². The molecule has 0 aliphatic rings. The summed E-state index contributed by atoms with van der Waals surface area (Å²) in [5, 5.41) is 4.16. The summed E-state index contributed by atoms with van der Waals surface area (Å²) in [5.74, 6) is -0.0833. The summed E-state index contributed by atoms with van der Waals surface area (Å²) in [6.07, 6.45) is 5.01. The molecule has 0 spiro atoms. The van der Waals surface area contributed by atoms with Gasteiger partial charge in [-0.3, -0.25) is 4.79 Å². The fourth-order valence-electron chi connectivity index (χ4n) is 2.30. The Hall–Kier alpha value is -2.69. The van der Waals surface area contributed by atoms with Crippen LogP contribution in [0, 0.1) is 0 Å². The van der Waals surface area contributed by atoms with Gasteiger partial charge in [0.1, 0.15) is 5.56 Å². The summed E-state index contributed by atoms with van der Waals surface area (Å²) in [4.78, 5) is 18.6. The number of hydrogen-bond acceptors (Lipinski definition) is 3. The van der Waals surface area contributed by atoms with Gasteiger partial charge in [-0.15, -0.1) is 0 Å². The van der Waals surface area contributed by atoms with Crippen LogP contribution < -0.4 is 0 Å². The van der Waals surface area contributed by atoms with Crippen molar-refractivity contribution in [1.82, 2.24) is 19.5 Å². The van der Waals surface area contributed by atoms with Crippen molar-refractivity contribution in [3.05, 3.63) is 66.1 Å². The van der Waals surface area contributed by atoms with Gasteiger partial charge in [-0.05, 0) is 18.6 Å². The summed E-state index contributed by atoms with van der Waals surface area (Å²) >= 11 is 0. The minimum Gasteiger partial charge on any atom is -0.335 e. The first-order valence-corrected chi connectivity index (χ1v) is 6.79. The Morgan fingerprint density at radius 3 is 2.76 bits per heavy atom. The fraction of sp³-hybridized carbons (Fsp3) is 0.188. The van der Waals surface area contributed by atoms with Crippen LogP contribution in [-0.4, -0.2) is 32.5 Å². The third kappa shape index (κ3) is 2.38. The molecule has 1 aromatic carbocycles. The molecule has 0 N–H and O–H groups in total. The molecule has 3 aromatic rings. The van der Waals surface area contributed by atoms with Crippen LogP contribution in [0.15, 0.2) is 55.0 Å². The molecule has 5 heteroatoms. The van der Waals surface area contributed by atoms with Gasteiger partial charge in [0.15, 0.2) is 5.65 Å². The van der Waals surface area contributed by atoms with E-state index in [-0.39, 0.29) is 11.9 Å². The fourth-order valence-corrected chi connectivity index (χ4v) is 2.30. The van der Waals surface area contributed by atoms with E-state index in [2.05, 4.69) is 10.1 Å². The zero-order chi connectivity index (χ0) is 14.8. The first-order valence-electron chi connectivity index (χ1n) is 6.79. The topological polar surface area (TPSA) is 50.5 Å². The molecule has 1 amide bonds. The number of hydrogen-bond donors (Lipinski definition) is 0. The second kappa shape index (κ2) is 5.36. The number of aromatic nitrogens is 3. The molecule has 0 radical (unpaired) electrons. The van der Waals surface area contributed by atoms with Crippen molar-refractivity contribution in [3.63, 3.8) is 0 Å². The van der Waals surface area contributed by atoms with E-state index in [9.17, 15) is 4.79 Å². The first-order chi connectivity index (χ1) is 10.2. The minimum absolute atomic E-state index is 0.0163. The van der Waals surface area contributed by atoms with Gasteiger partial charge in [-0.2, -0.15) is 5.10 Å². The number of rotatable bonds is 3. The van der Waals surface area contributed by atoms with Crippen molar-refractivity contribution in [2.45, 2.75) is 13.0 Å². The number of amides is 1. The minimum atomic E-state index is -0.0833. The Morgan fingerprint density at radius 2 is 2.00 bits per heavy atom. The van der Waals surface area contributed by atoms with Crippen molar-refractivity contribution >= 4 is 11.6 Å². The van der Waals surface area contributed by atoms with Crippen LogP contribution >= 0.6 is 0 Å². The summed E-state index contributed by atoms with van der Waals surface area (Å²) in [7, 11) is 1.80. The average Bonchev–Trinajstić information content (AvgIpc) is 2.97. The quantitative estimate of drug-likeness (QED) is 0.741. The lowest BCUT2D eigenvalue weighted by molar-refractivity contribution is 0.0744. The van der Waals surface area contributed by atoms with Crippen LogP contribution in [0.3, 0.4) is 0 Å². The van der Waals surface area contributed by atoms with Gasteiger partial charge in [0, 0.05) is 19.4 Å². The second-order valence-corrected chi connectivity index (χ2v) is 4.95. The van der Waals surface area contributed by atoms with Gasteiger partial charge in [0.2, 0.25) is 0 Å². The van der Waals surface area contributed by atoms with Crippen molar-refractivity contribution in [1.29, 1.82) is 0 Å². The maximum atomic E-state index is 12.7. The number of fused-ring (bicyclic) bond motifs is 1. The molecule has 0 bridgehead atoms. The third-order valence-corrected chi connectivity index (χ3v) is 3.69. The molecule has 3 rings (SSSR count). The zero-order valence-corrected chi connectivity index (χ0v) is 12.0. The zero-order valence-electron chi connectivity index (χ0n) is 12.0. The molecular formula is C16H16N4O. The van der Waals surface area contributed by atoms with Crippen LogP contribution in [0.25, 0.3) is 5.65 Å². The van der Waals surface area contributed by atoms with Gasteiger partial charge >= 0.3 is 0 Å². The second-order valence-electron chi connectivity index (χ2n) is 4.95. The van der Waals surface area contributed by atoms with E-state index in [1.54, 1.807) is 41.1 Å². The number of carbonyl (C=O) groups excluding carboxylic acids is 1. The molecule has 2 heterocycles. The lowest BCUT2D eigenvalue weighted by Crippen LogP contribution is -2.29. The molecule has 0 saturated heterocycles. The van der Waals surface area contributed by atoms with Gasteiger partial charge in [-0.1, -0.05) is 30.3 Å². The highest BCUT2D eigenvalue weighted by atomic mass is 16.2. The van der Waals surface area contributed by atoms with Crippen molar-refractivity contribution in [2.75, 3.05) is 7.05 Å². The van der Waals surface area contributed by atoms with E-state index < -0.39 is 0 Å². The Bertz CT molecular complexity index is 766. The lowest BCUT2D eigenvalue weighted by atomic mass is 10.1. The van der Waals surface area contributed by atoms with Crippen LogP contribution in [0.1, 0.15) is 28.9 Å². The largest absolute Gasteiger partial charge is 0.335 e. The lowest BCUT2D eigenvalue weighted by Gasteiger charge is -2.24. The normalized spacial score (nSPS) is 12.3. The van der Waals surface area contributed by atoms with Gasteiger partial charge in [0.25, 0.3) is 5.91 Å². The summed E-state index contributed by atoms with van der Waals surface area (Å²) in [6.45, 7) is 2.01. The van der Waals surface area contributed by atoms with Crippen molar-refractivity contribution < 1.29 is 4.79 Å². The Kier molecular flexibility index (Phi) is 3.39.